The van der Waals surface area contributed by atoms with Gasteiger partial charge in [0, 0.05) is 41.3 Å². The van der Waals surface area contributed by atoms with Crippen molar-refractivity contribution in [3.05, 3.63) is 107 Å². The Morgan fingerprint density at radius 2 is 1.84 bits per heavy atom. The quantitative estimate of drug-likeness (QED) is 0.291. The van der Waals surface area contributed by atoms with Crippen LogP contribution in [0.25, 0.3) is 11.1 Å². The van der Waals surface area contributed by atoms with Gasteiger partial charge in [-0.1, -0.05) is 23.7 Å². The van der Waals surface area contributed by atoms with Crippen LogP contribution in [0.15, 0.2) is 77.6 Å². The third-order valence-electron chi connectivity index (χ3n) is 6.77. The lowest BCUT2D eigenvalue weighted by Crippen LogP contribution is -2.36. The van der Waals surface area contributed by atoms with Crippen LogP contribution in [0.3, 0.4) is 0 Å². The number of allylic oxidation sites excluding steroid dienone is 5. The van der Waals surface area contributed by atoms with Gasteiger partial charge >= 0.3 is 5.97 Å². The highest BCUT2D eigenvalue weighted by Gasteiger charge is 2.27. The molecule has 43 heavy (non-hydrogen) atoms. The number of ether oxygens (including phenoxy) is 1. The summed E-state index contributed by atoms with van der Waals surface area (Å²) in [5.41, 5.74) is 9.32. The molecule has 4 N–H and O–H groups in total. The van der Waals surface area contributed by atoms with E-state index in [4.69, 9.17) is 22.1 Å². The molecule has 0 radical (unpaired) electrons. The summed E-state index contributed by atoms with van der Waals surface area (Å²) in [5.74, 6) is -1.99. The zero-order valence-corrected chi connectivity index (χ0v) is 23.8. The first-order valence-electron chi connectivity index (χ1n) is 13.5. The molecule has 1 aliphatic heterocycles. The maximum Gasteiger partial charge on any atom is 0.322 e. The predicted octanol–water partition coefficient (Wildman–Crippen LogP) is 5.07. The highest BCUT2D eigenvalue weighted by molar-refractivity contribution is 6.69. The summed E-state index contributed by atoms with van der Waals surface area (Å²) in [7, 11) is 0. The number of benzene rings is 2. The summed E-state index contributed by atoms with van der Waals surface area (Å²) in [4.78, 5) is 37.5. The Morgan fingerprint density at radius 1 is 1.09 bits per heavy atom. The number of hydrogen-bond donors (Lipinski definition) is 3. The predicted molar refractivity (Wildman–Crippen MR) is 161 cm³/mol. The molecule has 0 bridgehead atoms. The summed E-state index contributed by atoms with van der Waals surface area (Å²) in [5, 5.41) is 5.92. The molecule has 1 aromatic heterocycles. The van der Waals surface area contributed by atoms with Crippen molar-refractivity contribution in [3.63, 3.8) is 0 Å². The number of esters is 1. The second-order valence-electron chi connectivity index (χ2n) is 9.64. The van der Waals surface area contributed by atoms with Crippen LogP contribution >= 0.6 is 11.6 Å². The Bertz CT molecular complexity index is 1680. The summed E-state index contributed by atoms with van der Waals surface area (Å²) >= 11 is 6.26. The number of hydrogen-bond acceptors (Lipinski definition) is 8. The van der Waals surface area contributed by atoms with Gasteiger partial charge in [0.1, 0.15) is 22.8 Å². The molecule has 1 amide bonds. The van der Waals surface area contributed by atoms with Crippen molar-refractivity contribution in [1.82, 2.24) is 15.3 Å². The van der Waals surface area contributed by atoms with Crippen molar-refractivity contribution in [2.75, 3.05) is 18.5 Å². The van der Waals surface area contributed by atoms with Gasteiger partial charge in [-0.05, 0) is 73.4 Å². The van der Waals surface area contributed by atoms with Gasteiger partial charge in [0.25, 0.3) is 5.91 Å². The van der Waals surface area contributed by atoms with Crippen LogP contribution in [0, 0.1) is 11.6 Å². The van der Waals surface area contributed by atoms with Crippen LogP contribution in [0.4, 0.5) is 20.4 Å². The van der Waals surface area contributed by atoms with E-state index in [1.807, 2.05) is 6.08 Å². The lowest BCUT2D eigenvalue weighted by Gasteiger charge is -2.22. The van der Waals surface area contributed by atoms with E-state index in [1.165, 1.54) is 30.5 Å². The molecule has 2 heterocycles. The summed E-state index contributed by atoms with van der Waals surface area (Å²) < 4.78 is 34.4. The average Bonchev–Trinajstić information content (AvgIpc) is 3.16. The minimum atomic E-state index is -0.809. The molecule has 2 aliphatic rings. The minimum absolute atomic E-state index is 0.0698. The first-order chi connectivity index (χ1) is 20.7. The van der Waals surface area contributed by atoms with Crippen LogP contribution in [0.1, 0.15) is 40.5 Å². The average molecular weight is 605 g/mol. The van der Waals surface area contributed by atoms with Crippen molar-refractivity contribution >= 4 is 51.4 Å². The number of aromatic nitrogens is 2. The smallest absolute Gasteiger partial charge is 0.322 e. The molecule has 3 aromatic rings. The Hall–Kier alpha value is -4.74. The number of halogens is 3. The van der Waals surface area contributed by atoms with Gasteiger partial charge in [-0.2, -0.15) is 0 Å². The summed E-state index contributed by atoms with van der Waals surface area (Å²) in [6.07, 6.45) is 7.17. The van der Waals surface area contributed by atoms with Gasteiger partial charge in [-0.15, -0.1) is 0 Å². The molecular weight excluding hydrogens is 578 g/mol. The molecule has 1 atom stereocenters. The van der Waals surface area contributed by atoms with Gasteiger partial charge in [0.15, 0.2) is 0 Å². The van der Waals surface area contributed by atoms with E-state index in [-0.39, 0.29) is 47.7 Å². The topological polar surface area (TPSA) is 132 Å². The molecule has 5 rings (SSSR count). The number of carbonyl (C=O) groups is 2. The van der Waals surface area contributed by atoms with E-state index < -0.39 is 23.6 Å². The van der Waals surface area contributed by atoms with Crippen molar-refractivity contribution in [1.29, 1.82) is 0 Å². The summed E-state index contributed by atoms with van der Waals surface area (Å²) in [6.45, 7) is 2.15. The van der Waals surface area contributed by atoms with Gasteiger partial charge in [0.05, 0.1) is 17.9 Å². The molecule has 9 nitrogen and oxygen atoms in total. The third-order valence-corrected chi connectivity index (χ3v) is 6.98. The van der Waals surface area contributed by atoms with Crippen molar-refractivity contribution < 1.29 is 23.1 Å². The number of aliphatic imine (C=N–C) groups is 1. The SMILES string of the molecule is CCOC(=O)C(N)CCNC(=O)c1ccc(Nc2ncc3c(n2)C2=CN=C(Cl)C=C(c4c(F)cccc4F)C2=CC3)cc1. The number of amides is 1. The van der Waals surface area contributed by atoms with Crippen LogP contribution in [0.5, 0.6) is 0 Å². The fraction of sp³-hybridized carbons (Fsp3) is 0.194. The molecule has 0 saturated carbocycles. The molecule has 1 unspecified atom stereocenters. The second-order valence-corrected chi connectivity index (χ2v) is 10.0. The van der Waals surface area contributed by atoms with E-state index in [2.05, 4.69) is 25.6 Å². The number of fused-ring (bicyclic) bond motifs is 3. The van der Waals surface area contributed by atoms with Gasteiger partial charge in [-0.3, -0.25) is 9.59 Å². The maximum atomic E-state index is 14.8. The molecule has 0 fully saturated rings. The fourth-order valence-electron chi connectivity index (χ4n) is 4.65. The number of carbonyl (C=O) groups excluding carboxylic acids is 2. The number of anilines is 2. The highest BCUT2D eigenvalue weighted by Crippen LogP contribution is 2.41. The molecule has 0 spiro atoms. The zero-order chi connectivity index (χ0) is 30.5. The van der Waals surface area contributed by atoms with Crippen molar-refractivity contribution in [3.8, 4) is 0 Å². The molecule has 2 aromatic carbocycles. The first-order valence-corrected chi connectivity index (χ1v) is 13.9. The highest BCUT2D eigenvalue weighted by atomic mass is 35.5. The molecular formula is C31H27ClF2N6O3. The van der Waals surface area contributed by atoms with E-state index in [0.717, 1.165) is 5.56 Å². The van der Waals surface area contributed by atoms with Crippen molar-refractivity contribution in [2.45, 2.75) is 25.8 Å². The van der Waals surface area contributed by atoms with E-state index in [0.29, 0.717) is 34.5 Å². The Balaban J connectivity index is 1.30. The number of nitrogens with two attached hydrogens (primary N) is 1. The molecule has 220 valence electrons. The molecule has 0 saturated heterocycles. The van der Waals surface area contributed by atoms with Crippen LogP contribution in [-0.2, 0) is 16.0 Å². The van der Waals surface area contributed by atoms with Crippen LogP contribution in [0.2, 0.25) is 0 Å². The van der Waals surface area contributed by atoms with E-state index >= 15 is 0 Å². The standard InChI is InChI=1S/C31H27ClF2N6O3/c1-2-43-30(42)25(35)12-13-36-29(41)17-6-9-19(10-7-17)39-31-38-15-18-8-11-20-21(27-23(33)4-3-5-24(27)34)14-26(32)37-16-22(20)28(18)40-31/h3-7,9-11,14-16,25H,2,8,12-13,35H2,1H3,(H,36,41)(H,38,39,40). The van der Waals surface area contributed by atoms with Gasteiger partial charge in [0.2, 0.25) is 5.95 Å². The summed E-state index contributed by atoms with van der Waals surface area (Å²) in [6, 6.07) is 9.54. The van der Waals surface area contributed by atoms with Crippen LogP contribution < -0.4 is 16.4 Å². The van der Waals surface area contributed by atoms with E-state index in [9.17, 15) is 18.4 Å². The number of nitrogens with one attached hydrogen (secondary N) is 2. The minimum Gasteiger partial charge on any atom is -0.465 e. The Kier molecular flexibility index (Phi) is 9.03. The molecule has 12 heteroatoms. The zero-order valence-electron chi connectivity index (χ0n) is 23.0. The monoisotopic (exact) mass is 604 g/mol. The Morgan fingerprint density at radius 3 is 2.56 bits per heavy atom. The second kappa shape index (κ2) is 13.1. The van der Waals surface area contributed by atoms with Gasteiger partial charge in [-0.25, -0.2) is 23.7 Å². The molecule has 1 aliphatic carbocycles. The van der Waals surface area contributed by atoms with Gasteiger partial charge < -0.3 is 21.1 Å². The largest absolute Gasteiger partial charge is 0.465 e. The van der Waals surface area contributed by atoms with E-state index in [1.54, 1.807) is 37.4 Å². The normalized spacial score (nSPS) is 14.5. The number of rotatable bonds is 9. The number of nitrogens with zero attached hydrogens (tertiary/aromatic N) is 3. The maximum absolute atomic E-state index is 14.8. The Labute approximate surface area is 251 Å². The lowest BCUT2D eigenvalue weighted by molar-refractivity contribution is -0.144. The van der Waals surface area contributed by atoms with Crippen LogP contribution in [-0.4, -0.2) is 46.2 Å². The van der Waals surface area contributed by atoms with Crippen molar-refractivity contribution in [2.24, 2.45) is 10.7 Å². The fourth-order valence-corrected chi connectivity index (χ4v) is 4.81. The first kappa shape index (κ1) is 29.7. The third kappa shape index (κ3) is 6.68. The lowest BCUT2D eigenvalue weighted by atomic mass is 9.84.